The van der Waals surface area contributed by atoms with Crippen LogP contribution in [-0.2, 0) is 11.3 Å². The van der Waals surface area contributed by atoms with E-state index in [0.717, 1.165) is 27.2 Å². The summed E-state index contributed by atoms with van der Waals surface area (Å²) in [6, 6.07) is 14.6. The van der Waals surface area contributed by atoms with Gasteiger partial charge in [-0.05, 0) is 21.9 Å². The van der Waals surface area contributed by atoms with Gasteiger partial charge in [-0.3, -0.25) is 9.69 Å². The molecular formula is C19H12N8O2. The minimum Gasteiger partial charge on any atom is -0.267 e. The number of hydrogen-bond donors (Lipinski definition) is 1. The zero-order valence-electron chi connectivity index (χ0n) is 14.9. The summed E-state index contributed by atoms with van der Waals surface area (Å²) in [7, 11) is 0. The van der Waals surface area contributed by atoms with E-state index in [9.17, 15) is 9.59 Å². The average molecular weight is 384 g/mol. The van der Waals surface area contributed by atoms with Gasteiger partial charge in [0.25, 0.3) is 5.91 Å². The Hall–Kier alpha value is -4.34. The van der Waals surface area contributed by atoms with Crippen LogP contribution in [-0.4, -0.2) is 55.3 Å². The van der Waals surface area contributed by atoms with Gasteiger partial charge in [0.1, 0.15) is 6.34 Å². The molecule has 29 heavy (non-hydrogen) atoms. The fraction of sp³-hybridized carbons (Fsp3) is 0.0526. The zero-order chi connectivity index (χ0) is 19.8. The van der Waals surface area contributed by atoms with Crippen molar-refractivity contribution >= 4 is 29.8 Å². The minimum absolute atomic E-state index is 0.0738. The molecule has 0 spiro atoms. The number of amides is 3. The molecule has 10 heteroatoms. The standard InChI is InChI=1S/C19H12N8O2/c28-18-15-17(21-10-20-15)22-19(29)27(18)9-11-5-7-12(8-6-11)13-3-1-2-4-14(13)16-23-25-26-24-16/h1-8,10H,9H2,(H,23,24,25,26). The number of nitrogens with one attached hydrogen (secondary N) is 1. The highest BCUT2D eigenvalue weighted by Gasteiger charge is 2.35. The lowest BCUT2D eigenvalue weighted by atomic mass is 9.98. The Morgan fingerprint density at radius 3 is 2.52 bits per heavy atom. The number of benzene rings is 2. The molecule has 0 aliphatic carbocycles. The van der Waals surface area contributed by atoms with Gasteiger partial charge in [0.05, 0.1) is 6.54 Å². The van der Waals surface area contributed by atoms with E-state index in [-0.39, 0.29) is 18.1 Å². The molecule has 2 aromatic carbocycles. The minimum atomic E-state index is -0.644. The summed E-state index contributed by atoms with van der Waals surface area (Å²) in [5, 5.41) is 14.2. The summed E-state index contributed by atoms with van der Waals surface area (Å²) in [5.41, 5.74) is 3.61. The second kappa shape index (κ2) is 6.68. The Balaban J connectivity index is 1.41. The van der Waals surface area contributed by atoms with Crippen LogP contribution in [0, 0.1) is 0 Å². The van der Waals surface area contributed by atoms with Crippen molar-refractivity contribution in [1.29, 1.82) is 0 Å². The lowest BCUT2D eigenvalue weighted by molar-refractivity contribution is -0.121. The van der Waals surface area contributed by atoms with Crippen LogP contribution < -0.4 is 0 Å². The normalized spacial score (nSPS) is 15.4. The number of carbonyl (C=O) groups is 2. The average Bonchev–Trinajstić information content (AvgIpc) is 3.44. The van der Waals surface area contributed by atoms with E-state index < -0.39 is 11.9 Å². The molecule has 3 heterocycles. The fourth-order valence-electron chi connectivity index (χ4n) is 3.18. The molecule has 10 nitrogen and oxygen atoms in total. The first kappa shape index (κ1) is 16.8. The summed E-state index contributed by atoms with van der Waals surface area (Å²) in [6.45, 7) is 0.0975. The molecule has 1 aromatic heterocycles. The van der Waals surface area contributed by atoms with E-state index in [0.29, 0.717) is 5.82 Å². The van der Waals surface area contributed by atoms with Gasteiger partial charge >= 0.3 is 6.03 Å². The highest BCUT2D eigenvalue weighted by molar-refractivity contribution is 6.71. The van der Waals surface area contributed by atoms with Crippen molar-refractivity contribution in [3.63, 3.8) is 0 Å². The molecule has 140 valence electrons. The molecule has 0 saturated carbocycles. The second-order valence-corrected chi connectivity index (χ2v) is 6.31. The monoisotopic (exact) mass is 384 g/mol. The van der Waals surface area contributed by atoms with Crippen molar-refractivity contribution in [3.8, 4) is 22.5 Å². The maximum Gasteiger partial charge on any atom is 0.352 e. The van der Waals surface area contributed by atoms with Gasteiger partial charge in [-0.2, -0.15) is 10.2 Å². The quantitative estimate of drug-likeness (QED) is 0.734. The first-order valence-electron chi connectivity index (χ1n) is 8.68. The zero-order valence-corrected chi connectivity index (χ0v) is 14.9. The molecule has 5 rings (SSSR count). The van der Waals surface area contributed by atoms with E-state index in [2.05, 4.69) is 35.6 Å². The maximum absolute atomic E-state index is 12.5. The topological polar surface area (TPSA) is 129 Å². The van der Waals surface area contributed by atoms with E-state index >= 15 is 0 Å². The fourth-order valence-corrected chi connectivity index (χ4v) is 3.18. The van der Waals surface area contributed by atoms with Crippen LogP contribution in [0.1, 0.15) is 5.56 Å². The summed E-state index contributed by atoms with van der Waals surface area (Å²) in [4.78, 5) is 37.2. The molecule has 2 aliphatic heterocycles. The Morgan fingerprint density at radius 1 is 0.966 bits per heavy atom. The van der Waals surface area contributed by atoms with Crippen molar-refractivity contribution in [2.24, 2.45) is 15.0 Å². The Labute approximate surface area is 163 Å². The third-order valence-corrected chi connectivity index (χ3v) is 4.58. The molecule has 0 radical (unpaired) electrons. The predicted molar refractivity (Wildman–Crippen MR) is 104 cm³/mol. The van der Waals surface area contributed by atoms with E-state index in [1.807, 2.05) is 48.5 Å². The largest absolute Gasteiger partial charge is 0.352 e. The number of urea groups is 1. The van der Waals surface area contributed by atoms with E-state index in [1.165, 1.54) is 6.34 Å². The number of rotatable bonds is 4. The van der Waals surface area contributed by atoms with Crippen LogP contribution in [0.2, 0.25) is 0 Å². The third kappa shape index (κ3) is 2.92. The molecule has 2 aliphatic rings. The molecule has 1 N–H and O–H groups in total. The molecule has 3 amide bonds. The number of carbonyl (C=O) groups excluding carboxylic acids is 2. The SMILES string of the molecule is O=C1N=C2N=CN=C2C(=O)N1Cc1ccc(-c2ccccc2-c2nn[nH]n2)cc1. The van der Waals surface area contributed by atoms with Crippen molar-refractivity contribution in [1.82, 2.24) is 25.5 Å². The second-order valence-electron chi connectivity index (χ2n) is 6.31. The number of hydrogen-bond acceptors (Lipinski definition) is 7. The van der Waals surface area contributed by atoms with Gasteiger partial charge in [0.2, 0.25) is 5.82 Å². The third-order valence-electron chi connectivity index (χ3n) is 4.58. The maximum atomic E-state index is 12.5. The molecule has 0 unspecified atom stereocenters. The van der Waals surface area contributed by atoms with Gasteiger partial charge in [-0.25, -0.2) is 14.8 Å². The number of imide groups is 1. The van der Waals surface area contributed by atoms with Crippen LogP contribution in [0.5, 0.6) is 0 Å². The predicted octanol–water partition coefficient (Wildman–Crippen LogP) is 1.88. The van der Waals surface area contributed by atoms with Crippen molar-refractivity contribution < 1.29 is 9.59 Å². The summed E-state index contributed by atoms with van der Waals surface area (Å²) in [5.74, 6) is 0.0797. The number of aromatic nitrogens is 4. The van der Waals surface area contributed by atoms with Crippen molar-refractivity contribution in [3.05, 3.63) is 54.1 Å². The number of tetrazole rings is 1. The van der Waals surface area contributed by atoms with Gasteiger partial charge < -0.3 is 0 Å². The van der Waals surface area contributed by atoms with Gasteiger partial charge in [-0.1, -0.05) is 48.5 Å². The van der Waals surface area contributed by atoms with Gasteiger partial charge in [0.15, 0.2) is 11.5 Å². The van der Waals surface area contributed by atoms with Crippen LogP contribution in [0.15, 0.2) is 63.5 Å². The number of H-pyrrole nitrogens is 1. The molecule has 0 fully saturated rings. The first-order valence-corrected chi connectivity index (χ1v) is 8.68. The highest BCUT2D eigenvalue weighted by atomic mass is 16.2. The lowest BCUT2D eigenvalue weighted by Crippen LogP contribution is -2.45. The molecule has 3 aromatic rings. The van der Waals surface area contributed by atoms with Gasteiger partial charge in [-0.15, -0.1) is 10.2 Å². The summed E-state index contributed by atoms with van der Waals surface area (Å²) in [6.07, 6.45) is 1.22. The number of aromatic amines is 1. The molecule has 0 bridgehead atoms. The summed E-state index contributed by atoms with van der Waals surface area (Å²) < 4.78 is 0. The molecule has 0 saturated heterocycles. The Morgan fingerprint density at radius 2 is 1.76 bits per heavy atom. The van der Waals surface area contributed by atoms with Crippen LogP contribution in [0.4, 0.5) is 4.79 Å². The highest BCUT2D eigenvalue weighted by Crippen LogP contribution is 2.30. The lowest BCUT2D eigenvalue weighted by Gasteiger charge is -2.21. The number of aliphatic imine (C=N–C) groups is 3. The number of fused-ring (bicyclic) bond motifs is 1. The van der Waals surface area contributed by atoms with Crippen molar-refractivity contribution in [2.45, 2.75) is 6.54 Å². The van der Waals surface area contributed by atoms with E-state index in [1.54, 1.807) is 0 Å². The number of amidine groups is 1. The van der Waals surface area contributed by atoms with Gasteiger partial charge in [0, 0.05) is 5.56 Å². The van der Waals surface area contributed by atoms with Crippen molar-refractivity contribution in [2.75, 3.05) is 0 Å². The summed E-state index contributed by atoms with van der Waals surface area (Å²) >= 11 is 0. The first-order chi connectivity index (χ1) is 14.2. The Bertz CT molecular complexity index is 1210. The number of nitrogens with zero attached hydrogens (tertiary/aromatic N) is 7. The Kier molecular flexibility index (Phi) is 3.87. The van der Waals surface area contributed by atoms with E-state index in [4.69, 9.17) is 0 Å². The smallest absolute Gasteiger partial charge is 0.267 e. The molecular weight excluding hydrogens is 372 g/mol. The van der Waals surface area contributed by atoms with Crippen LogP contribution >= 0.6 is 0 Å². The van der Waals surface area contributed by atoms with Crippen LogP contribution in [0.3, 0.4) is 0 Å². The molecule has 0 atom stereocenters. The van der Waals surface area contributed by atoms with Crippen LogP contribution in [0.25, 0.3) is 22.5 Å².